The van der Waals surface area contributed by atoms with E-state index in [-0.39, 0.29) is 0 Å². The molecule has 5 nitrogen and oxygen atoms in total. The van der Waals surface area contributed by atoms with Crippen molar-refractivity contribution < 1.29 is 0 Å². The standard InChI is InChI=1S/C10H8ClN3O2/c11-7-3-1-6(2-4-7)5-8-12-9(15)14-10(16)13-8/h1-4H,5H2,(H2,12,13,14,15,16). The summed E-state index contributed by atoms with van der Waals surface area (Å²) in [6, 6.07) is 7.09. The second-order valence-corrected chi connectivity index (χ2v) is 3.68. The van der Waals surface area contributed by atoms with Gasteiger partial charge in [0.2, 0.25) is 0 Å². The van der Waals surface area contributed by atoms with E-state index in [2.05, 4.69) is 9.97 Å². The molecule has 16 heavy (non-hydrogen) atoms. The van der Waals surface area contributed by atoms with Crippen molar-refractivity contribution in [2.45, 2.75) is 6.42 Å². The fourth-order valence-electron chi connectivity index (χ4n) is 1.32. The predicted octanol–water partition coefficient (Wildman–Crippen LogP) is 0.702. The number of nitrogens with one attached hydrogen (secondary N) is 2. The van der Waals surface area contributed by atoms with Gasteiger partial charge in [-0.3, -0.25) is 9.97 Å². The van der Waals surface area contributed by atoms with E-state index in [1.807, 2.05) is 17.1 Å². The van der Waals surface area contributed by atoms with Gasteiger partial charge in [0.05, 0.1) is 0 Å². The van der Waals surface area contributed by atoms with Crippen LogP contribution in [0.1, 0.15) is 11.4 Å². The lowest BCUT2D eigenvalue weighted by molar-refractivity contribution is 0.848. The highest BCUT2D eigenvalue weighted by molar-refractivity contribution is 6.30. The maximum Gasteiger partial charge on any atom is 0.350 e. The van der Waals surface area contributed by atoms with Crippen LogP contribution in [0.3, 0.4) is 0 Å². The van der Waals surface area contributed by atoms with E-state index in [0.717, 1.165) is 5.56 Å². The SMILES string of the molecule is O=c1nc(Cc2ccc(Cl)cc2)[nH]c(=O)[nH]1. The van der Waals surface area contributed by atoms with Crippen LogP contribution < -0.4 is 11.4 Å². The molecule has 1 heterocycles. The van der Waals surface area contributed by atoms with Crippen molar-refractivity contribution in [3.05, 3.63) is 61.6 Å². The number of hydrogen-bond acceptors (Lipinski definition) is 3. The lowest BCUT2D eigenvalue weighted by Crippen LogP contribution is -2.26. The van der Waals surface area contributed by atoms with Gasteiger partial charge in [-0.05, 0) is 17.7 Å². The van der Waals surface area contributed by atoms with Crippen molar-refractivity contribution in [3.63, 3.8) is 0 Å². The van der Waals surface area contributed by atoms with Crippen molar-refractivity contribution in [1.82, 2.24) is 15.0 Å². The molecule has 0 saturated heterocycles. The van der Waals surface area contributed by atoms with Gasteiger partial charge in [-0.2, -0.15) is 4.98 Å². The molecule has 0 aliphatic rings. The van der Waals surface area contributed by atoms with Gasteiger partial charge in [0.1, 0.15) is 5.82 Å². The first kappa shape index (κ1) is 10.6. The number of rotatable bonds is 2. The molecule has 1 aromatic carbocycles. The van der Waals surface area contributed by atoms with E-state index in [0.29, 0.717) is 17.3 Å². The van der Waals surface area contributed by atoms with Crippen LogP contribution in [0.5, 0.6) is 0 Å². The van der Waals surface area contributed by atoms with Crippen molar-refractivity contribution in [3.8, 4) is 0 Å². The lowest BCUT2D eigenvalue weighted by atomic mass is 10.1. The minimum Gasteiger partial charge on any atom is -0.295 e. The highest BCUT2D eigenvalue weighted by atomic mass is 35.5. The van der Waals surface area contributed by atoms with E-state index < -0.39 is 11.4 Å². The van der Waals surface area contributed by atoms with Crippen LogP contribution in [0.2, 0.25) is 5.02 Å². The summed E-state index contributed by atoms with van der Waals surface area (Å²) in [4.78, 5) is 30.0. The van der Waals surface area contributed by atoms with Gasteiger partial charge in [-0.15, -0.1) is 0 Å². The Morgan fingerprint density at radius 1 is 1.12 bits per heavy atom. The van der Waals surface area contributed by atoms with Crippen LogP contribution in [0.15, 0.2) is 33.9 Å². The normalized spacial score (nSPS) is 10.3. The average molecular weight is 238 g/mol. The molecule has 6 heteroatoms. The van der Waals surface area contributed by atoms with Gasteiger partial charge >= 0.3 is 11.4 Å². The molecule has 0 unspecified atom stereocenters. The van der Waals surface area contributed by atoms with Crippen molar-refractivity contribution in [1.29, 1.82) is 0 Å². The molecule has 0 spiro atoms. The van der Waals surface area contributed by atoms with Gasteiger partial charge in [0, 0.05) is 11.4 Å². The maximum atomic E-state index is 11.0. The molecule has 1 aromatic heterocycles. The van der Waals surface area contributed by atoms with Crippen LogP contribution >= 0.6 is 11.6 Å². The third-order valence-electron chi connectivity index (χ3n) is 2.00. The van der Waals surface area contributed by atoms with Crippen LogP contribution in [-0.2, 0) is 6.42 Å². The molecule has 0 amide bonds. The maximum absolute atomic E-state index is 11.0. The fourth-order valence-corrected chi connectivity index (χ4v) is 1.44. The first-order valence-electron chi connectivity index (χ1n) is 4.57. The molecule has 0 aliphatic heterocycles. The van der Waals surface area contributed by atoms with Crippen LogP contribution in [0.25, 0.3) is 0 Å². The van der Waals surface area contributed by atoms with Crippen LogP contribution in [0.4, 0.5) is 0 Å². The Kier molecular flexibility index (Phi) is 2.87. The number of halogens is 1. The average Bonchev–Trinajstić information content (AvgIpc) is 2.20. The molecule has 82 valence electrons. The third kappa shape index (κ3) is 2.58. The molecule has 0 atom stereocenters. The molecule has 0 bridgehead atoms. The zero-order valence-corrected chi connectivity index (χ0v) is 8.91. The quantitative estimate of drug-likeness (QED) is 0.807. The van der Waals surface area contributed by atoms with Crippen LogP contribution in [0, 0.1) is 0 Å². The molecule has 0 fully saturated rings. The Morgan fingerprint density at radius 2 is 1.81 bits per heavy atom. The lowest BCUT2D eigenvalue weighted by Gasteiger charge is -1.99. The third-order valence-corrected chi connectivity index (χ3v) is 2.25. The van der Waals surface area contributed by atoms with Crippen molar-refractivity contribution in [2.75, 3.05) is 0 Å². The van der Waals surface area contributed by atoms with Crippen molar-refractivity contribution >= 4 is 11.6 Å². The summed E-state index contributed by atoms with van der Waals surface area (Å²) in [7, 11) is 0. The molecule has 2 rings (SSSR count). The minimum absolute atomic E-state index is 0.330. The summed E-state index contributed by atoms with van der Waals surface area (Å²) < 4.78 is 0. The molecular formula is C10H8ClN3O2. The molecular weight excluding hydrogens is 230 g/mol. The van der Waals surface area contributed by atoms with Gasteiger partial charge in [-0.25, -0.2) is 9.59 Å². The highest BCUT2D eigenvalue weighted by Crippen LogP contribution is 2.10. The van der Waals surface area contributed by atoms with Crippen molar-refractivity contribution in [2.24, 2.45) is 0 Å². The van der Waals surface area contributed by atoms with E-state index in [9.17, 15) is 9.59 Å². The van der Waals surface area contributed by atoms with Gasteiger partial charge in [0.15, 0.2) is 0 Å². The zero-order chi connectivity index (χ0) is 11.5. The molecule has 0 radical (unpaired) electrons. The predicted molar refractivity (Wildman–Crippen MR) is 59.7 cm³/mol. The van der Waals surface area contributed by atoms with Gasteiger partial charge < -0.3 is 0 Å². The molecule has 0 saturated carbocycles. The fraction of sp³-hybridized carbons (Fsp3) is 0.100. The molecule has 2 N–H and O–H groups in total. The highest BCUT2D eigenvalue weighted by Gasteiger charge is 2.00. The Labute approximate surface area is 95.1 Å². The van der Waals surface area contributed by atoms with Crippen LogP contribution in [-0.4, -0.2) is 15.0 Å². The second kappa shape index (κ2) is 4.32. The van der Waals surface area contributed by atoms with E-state index in [1.165, 1.54) is 0 Å². The Morgan fingerprint density at radius 3 is 2.44 bits per heavy atom. The monoisotopic (exact) mass is 237 g/mol. The number of benzene rings is 1. The number of hydrogen-bond donors (Lipinski definition) is 2. The summed E-state index contributed by atoms with van der Waals surface area (Å²) in [5.41, 5.74) is -0.283. The topological polar surface area (TPSA) is 78.6 Å². The number of aromatic amines is 2. The Hall–Kier alpha value is -1.88. The van der Waals surface area contributed by atoms with E-state index >= 15 is 0 Å². The smallest absolute Gasteiger partial charge is 0.295 e. The summed E-state index contributed by atoms with van der Waals surface area (Å²) in [5.74, 6) is 0.330. The molecule has 2 aromatic rings. The minimum atomic E-state index is -0.646. The van der Waals surface area contributed by atoms with E-state index in [1.54, 1.807) is 12.1 Å². The largest absolute Gasteiger partial charge is 0.350 e. The summed E-state index contributed by atoms with van der Waals surface area (Å²) >= 11 is 5.74. The van der Waals surface area contributed by atoms with Gasteiger partial charge in [-0.1, -0.05) is 23.7 Å². The first-order valence-corrected chi connectivity index (χ1v) is 4.95. The van der Waals surface area contributed by atoms with E-state index in [4.69, 9.17) is 11.6 Å². The first-order chi connectivity index (χ1) is 7.63. The summed E-state index contributed by atoms with van der Waals surface area (Å²) in [5, 5.41) is 0.635. The Bertz CT molecular complexity index is 572. The second-order valence-electron chi connectivity index (χ2n) is 3.25. The Balaban J connectivity index is 2.30. The zero-order valence-electron chi connectivity index (χ0n) is 8.16. The van der Waals surface area contributed by atoms with Gasteiger partial charge in [0.25, 0.3) is 0 Å². The number of aromatic nitrogens is 3. The molecule has 0 aliphatic carbocycles. The number of nitrogens with zero attached hydrogens (tertiary/aromatic N) is 1. The summed E-state index contributed by atoms with van der Waals surface area (Å²) in [6.07, 6.45) is 0.385. The number of H-pyrrole nitrogens is 2. The summed E-state index contributed by atoms with van der Waals surface area (Å²) in [6.45, 7) is 0.